The summed E-state index contributed by atoms with van der Waals surface area (Å²) >= 11 is 1.05. The third-order valence-corrected chi connectivity index (χ3v) is 7.24. The Bertz CT molecular complexity index is 1760. The van der Waals surface area contributed by atoms with Crippen LogP contribution in [-0.2, 0) is 40.4 Å². The second kappa shape index (κ2) is 16.0. The lowest BCUT2D eigenvalue weighted by molar-refractivity contribution is -0.696. The number of nitrogen functional groups attached to an aromatic ring is 1. The number of amides is 2. The summed E-state index contributed by atoms with van der Waals surface area (Å²) in [5.74, 6) is -3.37. The van der Waals surface area contributed by atoms with Gasteiger partial charge in [-0.15, -0.1) is 11.3 Å². The van der Waals surface area contributed by atoms with Crippen LogP contribution in [0.15, 0.2) is 47.6 Å². The third-order valence-electron chi connectivity index (χ3n) is 6.24. The first kappa shape index (κ1) is 38.5. The van der Waals surface area contributed by atoms with Gasteiger partial charge in [0.2, 0.25) is 22.5 Å². The molecule has 0 bridgehead atoms. The van der Waals surface area contributed by atoms with Crippen molar-refractivity contribution in [2.45, 2.75) is 44.6 Å². The lowest BCUT2D eigenvalue weighted by atomic mass is 9.84. The maximum Gasteiger partial charge on any atom is 0.490 e. The van der Waals surface area contributed by atoms with Crippen LogP contribution < -0.4 is 26.1 Å². The number of thiazole rings is 1. The Balaban J connectivity index is 0.000000838. The number of ether oxygens (including phenoxy) is 1. The number of nitrogens with zero attached hydrogens (tertiary/aromatic N) is 6. The summed E-state index contributed by atoms with van der Waals surface area (Å²) in [6.45, 7) is 4.22. The normalized spacial score (nSPS) is 15.9. The van der Waals surface area contributed by atoms with Crippen LogP contribution in [0.25, 0.3) is 5.82 Å². The lowest BCUT2D eigenvalue weighted by Gasteiger charge is -2.51. The van der Waals surface area contributed by atoms with Gasteiger partial charge in [-0.2, -0.15) is 27.1 Å². The maximum atomic E-state index is 13.0. The molecule has 6 N–H and O–H groups in total. The number of aryl methyl sites for hydroxylation is 1. The number of β-lactam (4-membered cyclic amide) rings is 1. The van der Waals surface area contributed by atoms with Gasteiger partial charge < -0.3 is 36.0 Å². The molecule has 4 heterocycles. The fraction of sp³-hybridized carbons (Fsp3) is 0.400. The molecule has 3 aromatic heterocycles. The Labute approximate surface area is 279 Å². The SMILES string of the molecule is CC1(C)C(NC(=O)C(=NOCCOc2ccc(-n3cc[n+](CCCN)c3)nc2)c2csc(N)n2)C(=O)N1OS(=O)(=O)[O-].O=C(O)C(F)(F)F. The Morgan fingerprint density at radius 1 is 1.29 bits per heavy atom. The van der Waals surface area contributed by atoms with Gasteiger partial charge in [0.05, 0.1) is 18.3 Å². The van der Waals surface area contributed by atoms with Crippen LogP contribution in [0.4, 0.5) is 18.3 Å². The van der Waals surface area contributed by atoms with Gasteiger partial charge in [0.25, 0.3) is 11.8 Å². The summed E-state index contributed by atoms with van der Waals surface area (Å²) in [6, 6.07) is 2.31. The molecular formula is C25H30F3N9O10S2. The molecule has 1 fully saturated rings. The van der Waals surface area contributed by atoms with Crippen LogP contribution in [0.3, 0.4) is 0 Å². The largest absolute Gasteiger partial charge is 0.724 e. The molecule has 268 valence electrons. The van der Waals surface area contributed by atoms with E-state index in [0.29, 0.717) is 23.2 Å². The summed E-state index contributed by atoms with van der Waals surface area (Å²) in [5, 5.41) is 15.4. The number of nitrogens with two attached hydrogens (primary N) is 2. The van der Waals surface area contributed by atoms with Crippen molar-refractivity contribution in [3.8, 4) is 11.6 Å². The number of hydrogen-bond acceptors (Lipinski definition) is 15. The number of carbonyl (C=O) groups is 3. The number of imidazole rings is 1. The van der Waals surface area contributed by atoms with Gasteiger partial charge in [-0.3, -0.25) is 9.59 Å². The van der Waals surface area contributed by atoms with Crippen LogP contribution in [0.2, 0.25) is 0 Å². The highest BCUT2D eigenvalue weighted by atomic mass is 32.3. The van der Waals surface area contributed by atoms with E-state index < -0.39 is 45.9 Å². The van der Waals surface area contributed by atoms with E-state index in [1.54, 1.807) is 18.3 Å². The first-order valence-corrected chi connectivity index (χ1v) is 15.9. The van der Waals surface area contributed by atoms with E-state index >= 15 is 0 Å². The van der Waals surface area contributed by atoms with E-state index in [1.807, 2.05) is 27.9 Å². The van der Waals surface area contributed by atoms with Crippen molar-refractivity contribution in [2.75, 3.05) is 25.5 Å². The summed E-state index contributed by atoms with van der Waals surface area (Å²) in [5.41, 5.74) is 9.69. The lowest BCUT2D eigenvalue weighted by Crippen LogP contribution is -2.76. The fourth-order valence-corrected chi connectivity index (χ4v) is 4.87. The van der Waals surface area contributed by atoms with E-state index in [0.717, 1.165) is 24.3 Å². The number of oxime groups is 1. The zero-order valence-electron chi connectivity index (χ0n) is 25.6. The molecule has 0 saturated carbocycles. The van der Waals surface area contributed by atoms with E-state index in [9.17, 15) is 35.7 Å². The number of hydrogen-bond donors (Lipinski definition) is 4. The molecule has 0 aliphatic carbocycles. The average molecular weight is 738 g/mol. The second-order valence-corrected chi connectivity index (χ2v) is 12.1. The van der Waals surface area contributed by atoms with Gasteiger partial charge >= 0.3 is 12.1 Å². The minimum atomic E-state index is -5.20. The van der Waals surface area contributed by atoms with E-state index in [1.165, 1.54) is 19.2 Å². The topological polar surface area (TPSA) is 271 Å². The Morgan fingerprint density at radius 3 is 2.51 bits per heavy atom. The number of anilines is 1. The summed E-state index contributed by atoms with van der Waals surface area (Å²) in [4.78, 5) is 48.0. The molecule has 24 heteroatoms. The van der Waals surface area contributed by atoms with E-state index in [4.69, 9.17) is 30.9 Å². The molecule has 49 heavy (non-hydrogen) atoms. The predicted octanol–water partition coefficient (Wildman–Crippen LogP) is -0.522. The summed E-state index contributed by atoms with van der Waals surface area (Å²) < 4.78 is 78.2. The van der Waals surface area contributed by atoms with Crippen molar-refractivity contribution in [3.05, 3.63) is 48.1 Å². The Morgan fingerprint density at radius 2 is 1.98 bits per heavy atom. The highest BCUT2D eigenvalue weighted by Crippen LogP contribution is 2.33. The molecule has 1 aliphatic rings. The zero-order valence-corrected chi connectivity index (χ0v) is 27.2. The first-order valence-electron chi connectivity index (χ1n) is 13.7. The standard InChI is InChI=1S/C23H29N9O8S2.C2HF3O2/c1-23(2)19(21(34)32(23)40-42(35,36)37)28-20(33)18(16-13-41-22(25)27-16)29-39-11-10-38-15-4-5-17(26-12-15)31-9-8-30(14-31)7-3-6-24;3-2(4,5)1(6)7/h4-5,8-9,12-14,19H,3,6-7,10-11,24H2,1-2H3,(H3-,25,27,28,33,35,36,37);(H,6,7). The highest BCUT2D eigenvalue weighted by molar-refractivity contribution is 7.80. The van der Waals surface area contributed by atoms with Gasteiger partial charge in [-0.1, -0.05) is 5.16 Å². The minimum Gasteiger partial charge on any atom is -0.724 e. The summed E-state index contributed by atoms with van der Waals surface area (Å²) in [7, 11) is -5.20. The molecule has 19 nitrogen and oxygen atoms in total. The quantitative estimate of drug-likeness (QED) is 0.0308. The molecular weight excluding hydrogens is 707 g/mol. The molecule has 1 saturated heterocycles. The number of aliphatic carboxylic acids is 1. The molecule has 1 aliphatic heterocycles. The number of pyridine rings is 1. The molecule has 0 radical (unpaired) electrons. The molecule has 1 unspecified atom stereocenters. The van der Waals surface area contributed by atoms with Gasteiger partial charge in [0.1, 0.15) is 36.5 Å². The van der Waals surface area contributed by atoms with Crippen LogP contribution in [0.5, 0.6) is 5.75 Å². The number of hydroxylamine groups is 2. The molecule has 0 spiro atoms. The number of halogens is 3. The van der Waals surface area contributed by atoms with Crippen LogP contribution in [0, 0.1) is 0 Å². The first-order chi connectivity index (χ1) is 22.8. The Hall–Kier alpha value is -4.91. The van der Waals surface area contributed by atoms with Crippen molar-refractivity contribution in [3.63, 3.8) is 0 Å². The van der Waals surface area contributed by atoms with Crippen molar-refractivity contribution < 1.29 is 64.1 Å². The van der Waals surface area contributed by atoms with Crippen molar-refractivity contribution in [2.24, 2.45) is 10.9 Å². The monoisotopic (exact) mass is 737 g/mol. The third kappa shape index (κ3) is 10.8. The average Bonchev–Trinajstić information content (AvgIpc) is 3.68. The van der Waals surface area contributed by atoms with Crippen LogP contribution in [0.1, 0.15) is 26.0 Å². The van der Waals surface area contributed by atoms with E-state index in [2.05, 4.69) is 24.7 Å². The number of rotatable bonds is 14. The van der Waals surface area contributed by atoms with Gasteiger partial charge in [0.15, 0.2) is 17.5 Å². The van der Waals surface area contributed by atoms with E-state index in [-0.39, 0.29) is 29.8 Å². The molecule has 4 rings (SSSR count). The van der Waals surface area contributed by atoms with Crippen molar-refractivity contribution in [1.82, 2.24) is 24.9 Å². The highest BCUT2D eigenvalue weighted by Gasteiger charge is 2.57. The van der Waals surface area contributed by atoms with Gasteiger partial charge in [-0.25, -0.2) is 27.7 Å². The number of nitrogens with one attached hydrogen (secondary N) is 1. The Kier molecular flexibility index (Phi) is 12.6. The minimum absolute atomic E-state index is 0.0609. The zero-order chi connectivity index (χ0) is 36.6. The van der Waals surface area contributed by atoms with Crippen molar-refractivity contribution in [1.29, 1.82) is 0 Å². The van der Waals surface area contributed by atoms with Crippen molar-refractivity contribution >= 4 is 50.4 Å². The maximum absolute atomic E-state index is 13.0. The number of carbonyl (C=O) groups excluding carboxylic acids is 2. The number of carboxylic acid groups (broad SMARTS) is 1. The predicted molar refractivity (Wildman–Crippen MR) is 159 cm³/mol. The summed E-state index contributed by atoms with van der Waals surface area (Å²) in [6.07, 6.45) is 3.08. The van der Waals surface area contributed by atoms with Gasteiger partial charge in [-0.05, 0) is 32.9 Å². The van der Waals surface area contributed by atoms with Crippen LogP contribution in [-0.4, -0.2) is 98.7 Å². The van der Waals surface area contributed by atoms with Crippen LogP contribution >= 0.6 is 11.3 Å². The molecule has 1 atom stereocenters. The number of alkyl halides is 3. The number of aromatic nitrogens is 4. The van der Waals surface area contributed by atoms with Gasteiger partial charge in [0, 0.05) is 11.4 Å². The smallest absolute Gasteiger partial charge is 0.490 e. The number of carboxylic acids is 1. The second-order valence-electron chi connectivity index (χ2n) is 10.2. The molecule has 0 aromatic carbocycles. The molecule has 3 aromatic rings. The fourth-order valence-electron chi connectivity index (χ4n) is 3.87. The molecule has 2 amide bonds.